The second-order valence-electron chi connectivity index (χ2n) is 6.24. The van der Waals surface area contributed by atoms with E-state index >= 15 is 0 Å². The Bertz CT molecular complexity index is 610. The average molecular weight is 336 g/mol. The lowest BCUT2D eigenvalue weighted by molar-refractivity contribution is -0.131. The predicted molar refractivity (Wildman–Crippen MR) is 91.2 cm³/mol. The van der Waals surface area contributed by atoms with E-state index in [0.717, 1.165) is 31.5 Å². The molecule has 1 aromatic carbocycles. The zero-order valence-electron chi connectivity index (χ0n) is 13.7. The predicted octanol–water partition coefficient (Wildman–Crippen LogP) is 1.68. The van der Waals surface area contributed by atoms with E-state index in [2.05, 4.69) is 6.92 Å². The molecule has 1 fully saturated rings. The molecule has 0 bridgehead atoms. The molecule has 23 heavy (non-hydrogen) atoms. The third-order valence-corrected chi connectivity index (χ3v) is 5.97. The van der Waals surface area contributed by atoms with Crippen LogP contribution in [0, 0.1) is 5.92 Å². The minimum absolute atomic E-state index is 0.0405. The summed E-state index contributed by atoms with van der Waals surface area (Å²) in [4.78, 5) is 25.5. The molecule has 0 saturated carbocycles. The Morgan fingerprint density at radius 1 is 1.35 bits per heavy atom. The lowest BCUT2D eigenvalue weighted by Crippen LogP contribution is -2.44. The van der Waals surface area contributed by atoms with Gasteiger partial charge in [0.1, 0.15) is 5.25 Å². The van der Waals surface area contributed by atoms with Crippen LogP contribution in [0.5, 0.6) is 0 Å². The summed E-state index contributed by atoms with van der Waals surface area (Å²) in [6, 6.07) is 6.77. The third kappa shape index (κ3) is 4.64. The first-order chi connectivity index (χ1) is 10.9. The number of carbonyl (C=O) groups is 2. The Hall–Kier alpha value is -1.69. The molecule has 1 aliphatic rings. The van der Waals surface area contributed by atoms with Crippen molar-refractivity contribution >= 4 is 22.6 Å². The van der Waals surface area contributed by atoms with Gasteiger partial charge in [0.05, 0.1) is 0 Å². The highest BCUT2D eigenvalue weighted by molar-refractivity contribution is 7.85. The zero-order valence-corrected chi connectivity index (χ0v) is 14.5. The Morgan fingerprint density at radius 2 is 2.00 bits per heavy atom. The molecular formula is C17H24N2O3S. The summed E-state index contributed by atoms with van der Waals surface area (Å²) < 4.78 is 12.5. The van der Waals surface area contributed by atoms with Crippen LogP contribution in [0.2, 0.25) is 0 Å². The highest BCUT2D eigenvalue weighted by Gasteiger charge is 2.27. The molecule has 5 nitrogen and oxygen atoms in total. The van der Waals surface area contributed by atoms with Gasteiger partial charge < -0.3 is 10.6 Å². The van der Waals surface area contributed by atoms with Crippen molar-refractivity contribution in [2.45, 2.75) is 37.7 Å². The van der Waals surface area contributed by atoms with Crippen molar-refractivity contribution in [3.63, 3.8) is 0 Å². The second-order valence-corrected chi connectivity index (χ2v) is 8.00. The maximum atomic E-state index is 12.5. The molecule has 2 N–H and O–H groups in total. The van der Waals surface area contributed by atoms with E-state index in [4.69, 9.17) is 5.73 Å². The van der Waals surface area contributed by atoms with Crippen molar-refractivity contribution in [2.24, 2.45) is 11.7 Å². The number of benzene rings is 1. The van der Waals surface area contributed by atoms with Gasteiger partial charge in [0.15, 0.2) is 0 Å². The van der Waals surface area contributed by atoms with Crippen LogP contribution >= 0.6 is 0 Å². The highest BCUT2D eigenvalue weighted by atomic mass is 32.2. The molecule has 0 radical (unpaired) electrons. The Morgan fingerprint density at radius 3 is 2.61 bits per heavy atom. The number of primary amides is 1. The number of rotatable bonds is 5. The summed E-state index contributed by atoms with van der Waals surface area (Å²) in [5.41, 5.74) is 6.40. The van der Waals surface area contributed by atoms with Gasteiger partial charge in [-0.3, -0.25) is 13.8 Å². The number of nitrogens with two attached hydrogens (primary N) is 1. The summed E-state index contributed by atoms with van der Waals surface area (Å²) in [5.74, 6) is 0.347. The summed E-state index contributed by atoms with van der Waals surface area (Å²) in [7, 11) is -1.32. The number of amides is 2. The molecule has 126 valence electrons. The van der Waals surface area contributed by atoms with Gasteiger partial charge in [0.2, 0.25) is 11.8 Å². The molecule has 1 aromatic rings. The largest absolute Gasteiger partial charge is 0.366 e. The Kier molecular flexibility index (Phi) is 5.93. The minimum atomic E-state index is -1.32. The topological polar surface area (TPSA) is 80.5 Å². The standard InChI is InChI=1S/C17H24N2O3S/c1-12-6-8-19(9-7-12)17(21)13(2)23(22)11-14-4-3-5-15(10-14)16(18)20/h3-5,10,12-13H,6-9,11H2,1-2H3,(H2,18,20). The number of piperidine rings is 1. The molecule has 2 unspecified atom stereocenters. The number of hydrogen-bond acceptors (Lipinski definition) is 3. The zero-order chi connectivity index (χ0) is 17.0. The molecule has 2 rings (SSSR count). The average Bonchev–Trinajstić information content (AvgIpc) is 2.54. The molecule has 1 aliphatic heterocycles. The molecule has 1 saturated heterocycles. The minimum Gasteiger partial charge on any atom is -0.366 e. The van der Waals surface area contributed by atoms with Crippen molar-refractivity contribution in [3.05, 3.63) is 35.4 Å². The van der Waals surface area contributed by atoms with Gasteiger partial charge in [-0.15, -0.1) is 0 Å². The molecule has 0 spiro atoms. The van der Waals surface area contributed by atoms with Gasteiger partial charge in [0.25, 0.3) is 0 Å². The van der Waals surface area contributed by atoms with Gasteiger partial charge in [-0.1, -0.05) is 19.1 Å². The fourth-order valence-corrected chi connectivity index (χ4v) is 3.83. The van der Waals surface area contributed by atoms with Crippen LogP contribution in [-0.2, 0) is 21.3 Å². The number of carbonyl (C=O) groups excluding carboxylic acids is 2. The quantitative estimate of drug-likeness (QED) is 0.888. The van der Waals surface area contributed by atoms with E-state index in [1.165, 1.54) is 0 Å². The molecule has 6 heteroatoms. The van der Waals surface area contributed by atoms with E-state index in [1.54, 1.807) is 31.2 Å². The van der Waals surface area contributed by atoms with Crippen LogP contribution in [0.1, 0.15) is 42.6 Å². The molecule has 2 atom stereocenters. The summed E-state index contributed by atoms with van der Waals surface area (Å²) in [6.45, 7) is 5.40. The van der Waals surface area contributed by atoms with Crippen molar-refractivity contribution in [1.29, 1.82) is 0 Å². The van der Waals surface area contributed by atoms with E-state index in [1.807, 2.05) is 4.90 Å². The molecule has 2 amide bonds. The molecule has 0 aliphatic carbocycles. The number of likely N-dealkylation sites (tertiary alicyclic amines) is 1. The van der Waals surface area contributed by atoms with Gasteiger partial charge >= 0.3 is 0 Å². The lowest BCUT2D eigenvalue weighted by atomic mass is 9.99. The van der Waals surface area contributed by atoms with Crippen LogP contribution in [-0.4, -0.2) is 39.3 Å². The van der Waals surface area contributed by atoms with E-state index < -0.39 is 22.0 Å². The van der Waals surface area contributed by atoms with Crippen molar-refractivity contribution in [1.82, 2.24) is 4.90 Å². The first-order valence-corrected chi connectivity index (χ1v) is 9.31. The normalized spacial score (nSPS) is 18.4. The SMILES string of the molecule is CC1CCN(C(=O)C(C)S(=O)Cc2cccc(C(N)=O)c2)CC1. The second kappa shape index (κ2) is 7.73. The first-order valence-electron chi connectivity index (χ1n) is 7.93. The van der Waals surface area contributed by atoms with E-state index in [0.29, 0.717) is 11.5 Å². The van der Waals surface area contributed by atoms with Crippen LogP contribution in [0.25, 0.3) is 0 Å². The third-order valence-electron chi connectivity index (χ3n) is 4.36. The fourth-order valence-electron chi connectivity index (χ4n) is 2.70. The van der Waals surface area contributed by atoms with E-state index in [9.17, 15) is 13.8 Å². The van der Waals surface area contributed by atoms with Gasteiger partial charge in [-0.05, 0) is 43.4 Å². The fraction of sp³-hybridized carbons (Fsp3) is 0.529. The number of hydrogen-bond donors (Lipinski definition) is 1. The Balaban J connectivity index is 1.98. The van der Waals surface area contributed by atoms with Crippen molar-refractivity contribution in [3.8, 4) is 0 Å². The van der Waals surface area contributed by atoms with Crippen LogP contribution < -0.4 is 5.73 Å². The molecular weight excluding hydrogens is 312 g/mol. The lowest BCUT2D eigenvalue weighted by Gasteiger charge is -2.32. The monoisotopic (exact) mass is 336 g/mol. The maximum Gasteiger partial charge on any atom is 0.248 e. The molecule has 1 heterocycles. The molecule has 0 aromatic heterocycles. The van der Waals surface area contributed by atoms with Gasteiger partial charge in [-0.25, -0.2) is 0 Å². The smallest absolute Gasteiger partial charge is 0.248 e. The van der Waals surface area contributed by atoms with Crippen LogP contribution in [0.3, 0.4) is 0 Å². The highest BCUT2D eigenvalue weighted by Crippen LogP contribution is 2.18. The summed E-state index contributed by atoms with van der Waals surface area (Å²) in [6.07, 6.45) is 2.01. The van der Waals surface area contributed by atoms with Gasteiger partial charge in [-0.2, -0.15) is 0 Å². The van der Waals surface area contributed by atoms with Gasteiger partial charge in [0, 0.05) is 35.2 Å². The summed E-state index contributed by atoms with van der Waals surface area (Å²) >= 11 is 0. The maximum absolute atomic E-state index is 12.5. The van der Waals surface area contributed by atoms with E-state index in [-0.39, 0.29) is 11.7 Å². The number of nitrogens with zero attached hydrogens (tertiary/aromatic N) is 1. The summed E-state index contributed by atoms with van der Waals surface area (Å²) in [5, 5.41) is -0.541. The van der Waals surface area contributed by atoms with Crippen molar-refractivity contribution < 1.29 is 13.8 Å². The Labute approximate surface area is 139 Å². The van der Waals surface area contributed by atoms with Crippen LogP contribution in [0.4, 0.5) is 0 Å². The van der Waals surface area contributed by atoms with Crippen molar-refractivity contribution in [2.75, 3.05) is 13.1 Å². The van der Waals surface area contributed by atoms with Crippen LogP contribution in [0.15, 0.2) is 24.3 Å². The first kappa shape index (κ1) is 17.7.